The van der Waals surface area contributed by atoms with E-state index in [0.717, 1.165) is 42.9 Å². The Bertz CT molecular complexity index is 977. The molecule has 0 radical (unpaired) electrons. The van der Waals surface area contributed by atoms with Gasteiger partial charge in [0.2, 0.25) is 5.78 Å². The molecular formula is C23H23NO5. The van der Waals surface area contributed by atoms with Gasteiger partial charge >= 0.3 is 0 Å². The Morgan fingerprint density at radius 1 is 1.24 bits per heavy atom. The molecule has 1 fully saturated rings. The summed E-state index contributed by atoms with van der Waals surface area (Å²) in [5.41, 5.74) is 2.30. The molecule has 6 heteroatoms. The molecule has 0 aromatic heterocycles. The van der Waals surface area contributed by atoms with Gasteiger partial charge in [-0.25, -0.2) is 0 Å². The number of benzene rings is 2. The van der Waals surface area contributed by atoms with Gasteiger partial charge in [0.25, 0.3) is 0 Å². The molecule has 2 aromatic rings. The van der Waals surface area contributed by atoms with Gasteiger partial charge in [0.15, 0.2) is 5.76 Å². The Morgan fingerprint density at radius 3 is 2.97 bits per heavy atom. The number of nitrogens with zero attached hydrogens (tertiary/aromatic N) is 1. The molecule has 0 bridgehead atoms. The highest BCUT2D eigenvalue weighted by Gasteiger charge is 2.34. The molecule has 1 unspecified atom stereocenters. The standard InChI is InChI=1S/C23H23NO5/c1-26-19-7-3-2-5-15(19)11-21-22(25)17-8-9-20-18(23(17)29-21)13-24(14-28-20)12-16-6-4-10-27-16/h2-3,5,7-9,11,16H,4,6,10,12-14H2,1H3. The summed E-state index contributed by atoms with van der Waals surface area (Å²) in [6.07, 6.45) is 4.18. The van der Waals surface area contributed by atoms with Crippen LogP contribution >= 0.6 is 0 Å². The van der Waals surface area contributed by atoms with Crippen molar-refractivity contribution in [3.63, 3.8) is 0 Å². The third kappa shape index (κ3) is 3.39. The highest BCUT2D eigenvalue weighted by molar-refractivity contribution is 6.15. The van der Waals surface area contributed by atoms with E-state index in [-0.39, 0.29) is 11.9 Å². The van der Waals surface area contributed by atoms with Crippen LogP contribution in [0.1, 0.15) is 34.3 Å². The second kappa shape index (κ2) is 7.54. The fraction of sp³-hybridized carbons (Fsp3) is 0.348. The molecule has 3 heterocycles. The number of rotatable bonds is 4. The van der Waals surface area contributed by atoms with E-state index < -0.39 is 0 Å². The molecule has 0 spiro atoms. The van der Waals surface area contributed by atoms with Crippen molar-refractivity contribution in [2.24, 2.45) is 0 Å². The van der Waals surface area contributed by atoms with Gasteiger partial charge in [-0.05, 0) is 37.1 Å². The summed E-state index contributed by atoms with van der Waals surface area (Å²) in [7, 11) is 1.61. The van der Waals surface area contributed by atoms with Gasteiger partial charge in [0.05, 0.1) is 24.3 Å². The van der Waals surface area contributed by atoms with Gasteiger partial charge < -0.3 is 18.9 Å². The Kier molecular flexibility index (Phi) is 4.73. The van der Waals surface area contributed by atoms with Gasteiger partial charge in [-0.2, -0.15) is 0 Å². The van der Waals surface area contributed by atoms with Crippen molar-refractivity contribution in [2.45, 2.75) is 25.5 Å². The van der Waals surface area contributed by atoms with Crippen LogP contribution in [0.2, 0.25) is 0 Å². The van der Waals surface area contributed by atoms with Gasteiger partial charge in [0, 0.05) is 25.3 Å². The highest BCUT2D eigenvalue weighted by Crippen LogP contribution is 2.42. The Hall–Kier alpha value is -2.83. The minimum Gasteiger partial charge on any atom is -0.496 e. The number of fused-ring (bicyclic) bond motifs is 3. The van der Waals surface area contributed by atoms with Gasteiger partial charge in [-0.1, -0.05) is 18.2 Å². The Balaban J connectivity index is 1.43. The van der Waals surface area contributed by atoms with Gasteiger partial charge in [-0.3, -0.25) is 9.69 Å². The highest BCUT2D eigenvalue weighted by atomic mass is 16.5. The Morgan fingerprint density at radius 2 is 2.14 bits per heavy atom. The molecule has 0 aliphatic carbocycles. The fourth-order valence-corrected chi connectivity index (χ4v) is 4.12. The van der Waals surface area contributed by atoms with Crippen LogP contribution in [0.5, 0.6) is 17.2 Å². The van der Waals surface area contributed by atoms with Crippen LogP contribution in [0.4, 0.5) is 0 Å². The number of allylic oxidation sites excluding steroid dienone is 1. The lowest BCUT2D eigenvalue weighted by molar-refractivity contribution is 0.0274. The number of hydrogen-bond acceptors (Lipinski definition) is 6. The monoisotopic (exact) mass is 393 g/mol. The van der Waals surface area contributed by atoms with Crippen LogP contribution in [0.3, 0.4) is 0 Å². The Labute approximate surface area is 169 Å². The van der Waals surface area contributed by atoms with Crippen molar-refractivity contribution in [2.75, 3.05) is 27.0 Å². The number of ketones is 1. The number of methoxy groups -OCH3 is 1. The minimum absolute atomic E-state index is 0.120. The average molecular weight is 393 g/mol. The quantitative estimate of drug-likeness (QED) is 0.740. The first kappa shape index (κ1) is 18.2. The third-order valence-electron chi connectivity index (χ3n) is 5.59. The number of Topliss-reactive ketones (excluding diaryl/α,β-unsaturated/α-hetero) is 1. The lowest BCUT2D eigenvalue weighted by Gasteiger charge is -2.31. The molecule has 3 aliphatic rings. The predicted octanol–water partition coefficient (Wildman–Crippen LogP) is 3.64. The van der Waals surface area contributed by atoms with Gasteiger partial charge in [0.1, 0.15) is 24.0 Å². The van der Waals surface area contributed by atoms with Crippen LogP contribution in [-0.4, -0.2) is 43.8 Å². The molecule has 0 N–H and O–H groups in total. The normalized spacial score (nSPS) is 22.2. The van der Waals surface area contributed by atoms with Crippen LogP contribution < -0.4 is 14.2 Å². The van der Waals surface area contributed by atoms with E-state index >= 15 is 0 Å². The molecular weight excluding hydrogens is 370 g/mol. The number of hydrogen-bond donors (Lipinski definition) is 0. The molecule has 3 aliphatic heterocycles. The lowest BCUT2D eigenvalue weighted by atomic mass is 10.0. The topological polar surface area (TPSA) is 57.2 Å². The summed E-state index contributed by atoms with van der Waals surface area (Å²) in [5, 5.41) is 0. The van der Waals surface area contributed by atoms with Crippen molar-refractivity contribution >= 4 is 11.9 Å². The number of carbonyl (C=O) groups is 1. The fourth-order valence-electron chi connectivity index (χ4n) is 4.12. The number of carbonyl (C=O) groups excluding carboxylic acids is 1. The van der Waals surface area contributed by atoms with Crippen molar-refractivity contribution < 1.29 is 23.7 Å². The average Bonchev–Trinajstić information content (AvgIpc) is 3.37. The van der Waals surface area contributed by atoms with Crippen molar-refractivity contribution in [1.29, 1.82) is 0 Å². The molecule has 6 nitrogen and oxygen atoms in total. The zero-order chi connectivity index (χ0) is 19.8. The second-order valence-electron chi connectivity index (χ2n) is 7.52. The molecule has 2 aromatic carbocycles. The molecule has 1 saturated heterocycles. The molecule has 0 saturated carbocycles. The maximum absolute atomic E-state index is 12.9. The first-order chi connectivity index (χ1) is 14.2. The zero-order valence-corrected chi connectivity index (χ0v) is 16.3. The predicted molar refractivity (Wildman–Crippen MR) is 107 cm³/mol. The van der Waals surface area contributed by atoms with E-state index in [2.05, 4.69) is 4.90 Å². The summed E-state index contributed by atoms with van der Waals surface area (Å²) < 4.78 is 23.1. The minimum atomic E-state index is -0.120. The van der Waals surface area contributed by atoms with Crippen molar-refractivity contribution in [3.8, 4) is 17.2 Å². The van der Waals surface area contributed by atoms with Crippen LogP contribution in [0.15, 0.2) is 42.2 Å². The summed E-state index contributed by atoms with van der Waals surface area (Å²) >= 11 is 0. The zero-order valence-electron chi connectivity index (χ0n) is 16.3. The molecule has 29 heavy (non-hydrogen) atoms. The van der Waals surface area contributed by atoms with Crippen LogP contribution in [0, 0.1) is 0 Å². The molecule has 150 valence electrons. The summed E-state index contributed by atoms with van der Waals surface area (Å²) in [5.74, 6) is 2.25. The van der Waals surface area contributed by atoms with E-state index in [1.54, 1.807) is 19.3 Å². The molecule has 1 atom stereocenters. The summed E-state index contributed by atoms with van der Waals surface area (Å²) in [6, 6.07) is 11.2. The lowest BCUT2D eigenvalue weighted by Crippen LogP contribution is -2.37. The molecule has 5 rings (SSSR count). The van der Waals surface area contributed by atoms with Crippen LogP contribution in [-0.2, 0) is 11.3 Å². The number of ether oxygens (including phenoxy) is 4. The van der Waals surface area contributed by atoms with E-state index in [4.69, 9.17) is 18.9 Å². The second-order valence-corrected chi connectivity index (χ2v) is 7.52. The first-order valence-electron chi connectivity index (χ1n) is 9.93. The summed E-state index contributed by atoms with van der Waals surface area (Å²) in [4.78, 5) is 15.1. The first-order valence-corrected chi connectivity index (χ1v) is 9.93. The molecule has 0 amide bonds. The summed E-state index contributed by atoms with van der Waals surface area (Å²) in [6.45, 7) is 2.85. The van der Waals surface area contributed by atoms with Crippen molar-refractivity contribution in [3.05, 3.63) is 58.8 Å². The maximum atomic E-state index is 12.9. The van der Waals surface area contributed by atoms with E-state index in [9.17, 15) is 4.79 Å². The largest absolute Gasteiger partial charge is 0.496 e. The van der Waals surface area contributed by atoms with E-state index in [0.29, 0.717) is 36.1 Å². The van der Waals surface area contributed by atoms with Gasteiger partial charge in [-0.15, -0.1) is 0 Å². The third-order valence-corrected chi connectivity index (χ3v) is 5.59. The SMILES string of the molecule is COc1ccccc1C=C1Oc2c(ccc3c2CN(CC2CCCO2)CO3)C1=O. The van der Waals surface area contributed by atoms with E-state index in [1.807, 2.05) is 30.3 Å². The maximum Gasteiger partial charge on any atom is 0.231 e. The smallest absolute Gasteiger partial charge is 0.231 e. The van der Waals surface area contributed by atoms with E-state index in [1.165, 1.54) is 0 Å². The number of para-hydroxylation sites is 1. The van der Waals surface area contributed by atoms with Crippen LogP contribution in [0.25, 0.3) is 6.08 Å². The van der Waals surface area contributed by atoms with Crippen molar-refractivity contribution in [1.82, 2.24) is 4.90 Å².